The number of phenolic OH excluding ortho intramolecular Hbond substituents is 2. The summed E-state index contributed by atoms with van der Waals surface area (Å²) in [6.45, 7) is 2.26. The number of hydrogen-bond acceptors (Lipinski definition) is 5. The summed E-state index contributed by atoms with van der Waals surface area (Å²) in [5.41, 5.74) is 0.882. The van der Waals surface area contributed by atoms with E-state index in [9.17, 15) is 15.0 Å². The van der Waals surface area contributed by atoms with Gasteiger partial charge in [0.25, 0.3) is 5.91 Å². The molecule has 0 radical (unpaired) electrons. The molecule has 0 saturated heterocycles. The number of phenols is 2. The Labute approximate surface area is 114 Å². The van der Waals surface area contributed by atoms with Crippen molar-refractivity contribution in [1.29, 1.82) is 0 Å². The fourth-order valence-electron chi connectivity index (χ4n) is 1.70. The topological polar surface area (TPSA) is 73.7 Å². The second-order valence-electron chi connectivity index (χ2n) is 4.22. The molecule has 1 aromatic heterocycles. The van der Waals surface area contributed by atoms with Crippen molar-refractivity contribution in [3.05, 3.63) is 39.8 Å². The molecule has 1 amide bonds. The number of nitrogens with zero attached hydrogens (tertiary/aromatic N) is 2. The summed E-state index contributed by atoms with van der Waals surface area (Å²) in [5, 5.41) is 21.9. The van der Waals surface area contributed by atoms with E-state index < -0.39 is 0 Å². The smallest absolute Gasteiger partial charge is 0.257 e. The molecule has 0 fully saturated rings. The van der Waals surface area contributed by atoms with Crippen LogP contribution in [0.15, 0.2) is 23.6 Å². The molecule has 0 aliphatic rings. The minimum absolute atomic E-state index is 0.0564. The van der Waals surface area contributed by atoms with Gasteiger partial charge in [-0.2, -0.15) is 0 Å². The largest absolute Gasteiger partial charge is 0.508 e. The van der Waals surface area contributed by atoms with Gasteiger partial charge in [0.1, 0.15) is 11.5 Å². The molecule has 19 heavy (non-hydrogen) atoms. The quantitative estimate of drug-likeness (QED) is 0.844. The fourth-order valence-corrected chi connectivity index (χ4v) is 2.30. The highest BCUT2D eigenvalue weighted by Gasteiger charge is 2.17. The average Bonchev–Trinajstić information content (AvgIpc) is 2.77. The summed E-state index contributed by atoms with van der Waals surface area (Å²) in [5.74, 6) is -0.567. The molecule has 1 heterocycles. The minimum Gasteiger partial charge on any atom is -0.508 e. The van der Waals surface area contributed by atoms with Crippen LogP contribution in [0.2, 0.25) is 0 Å². The molecule has 0 aliphatic heterocycles. The molecule has 0 bridgehead atoms. The molecule has 0 atom stereocenters. The van der Waals surface area contributed by atoms with Crippen molar-refractivity contribution in [2.45, 2.75) is 13.5 Å². The number of amides is 1. The number of rotatable bonds is 3. The van der Waals surface area contributed by atoms with E-state index in [1.165, 1.54) is 34.4 Å². The number of carbonyl (C=O) groups excluding carboxylic acids is 1. The van der Waals surface area contributed by atoms with Gasteiger partial charge >= 0.3 is 0 Å². The Balaban J connectivity index is 2.16. The van der Waals surface area contributed by atoms with E-state index in [0.29, 0.717) is 6.54 Å². The molecular formula is C13H14N2O3S. The minimum atomic E-state index is -0.362. The molecule has 2 N–H and O–H groups in total. The maximum absolute atomic E-state index is 12.2. The summed E-state index contributed by atoms with van der Waals surface area (Å²) < 4.78 is 0. The first-order chi connectivity index (χ1) is 8.97. The summed E-state index contributed by atoms with van der Waals surface area (Å²) in [6, 6.07) is 3.87. The Kier molecular flexibility index (Phi) is 3.71. The van der Waals surface area contributed by atoms with E-state index in [0.717, 1.165) is 10.7 Å². The van der Waals surface area contributed by atoms with Gasteiger partial charge in [-0.1, -0.05) is 0 Å². The Morgan fingerprint density at radius 1 is 1.42 bits per heavy atom. The highest BCUT2D eigenvalue weighted by atomic mass is 32.1. The molecule has 1 aromatic carbocycles. The molecule has 0 saturated carbocycles. The Hall–Kier alpha value is -2.08. The third-order valence-corrected chi connectivity index (χ3v) is 3.45. The molecule has 6 heteroatoms. The number of carbonyl (C=O) groups is 1. The van der Waals surface area contributed by atoms with Crippen LogP contribution in [0.3, 0.4) is 0 Å². The monoisotopic (exact) mass is 278 g/mol. The van der Waals surface area contributed by atoms with Crippen molar-refractivity contribution in [3.63, 3.8) is 0 Å². The lowest BCUT2D eigenvalue weighted by Gasteiger charge is -2.16. The number of thiazole rings is 1. The van der Waals surface area contributed by atoms with Crippen LogP contribution in [0.5, 0.6) is 11.5 Å². The van der Waals surface area contributed by atoms with Crippen LogP contribution in [0.25, 0.3) is 0 Å². The van der Waals surface area contributed by atoms with E-state index in [1.54, 1.807) is 7.05 Å². The molecule has 0 aliphatic carbocycles. The number of aryl methyl sites for hydroxylation is 1. The second-order valence-corrected chi connectivity index (χ2v) is 5.28. The lowest BCUT2D eigenvalue weighted by Crippen LogP contribution is -2.26. The molecule has 5 nitrogen and oxygen atoms in total. The van der Waals surface area contributed by atoms with Crippen LogP contribution in [0.1, 0.15) is 21.1 Å². The lowest BCUT2D eigenvalue weighted by molar-refractivity contribution is 0.0780. The molecule has 2 aromatic rings. The van der Waals surface area contributed by atoms with Gasteiger partial charge in [0.2, 0.25) is 0 Å². The van der Waals surface area contributed by atoms with Crippen molar-refractivity contribution >= 4 is 17.2 Å². The van der Waals surface area contributed by atoms with E-state index in [-0.39, 0.29) is 23.0 Å². The molecule has 2 rings (SSSR count). The highest BCUT2D eigenvalue weighted by Crippen LogP contribution is 2.23. The summed E-state index contributed by atoms with van der Waals surface area (Å²) in [4.78, 5) is 17.9. The van der Waals surface area contributed by atoms with Crippen LogP contribution >= 0.6 is 11.3 Å². The zero-order valence-corrected chi connectivity index (χ0v) is 11.4. The SMILES string of the molecule is Cc1nc(CN(C)C(=O)c2cc(O)ccc2O)cs1. The maximum atomic E-state index is 12.2. The Morgan fingerprint density at radius 3 is 2.79 bits per heavy atom. The van der Waals surface area contributed by atoms with Crippen LogP contribution in [0, 0.1) is 6.92 Å². The number of hydrogen-bond donors (Lipinski definition) is 2. The third kappa shape index (κ3) is 3.03. The van der Waals surface area contributed by atoms with Gasteiger partial charge in [-0.15, -0.1) is 11.3 Å². The normalized spacial score (nSPS) is 10.4. The van der Waals surface area contributed by atoms with Crippen LogP contribution < -0.4 is 0 Å². The average molecular weight is 278 g/mol. The van der Waals surface area contributed by atoms with E-state index >= 15 is 0 Å². The zero-order chi connectivity index (χ0) is 14.0. The maximum Gasteiger partial charge on any atom is 0.257 e. The van der Waals surface area contributed by atoms with Crippen LogP contribution in [-0.4, -0.2) is 33.1 Å². The summed E-state index contributed by atoms with van der Waals surface area (Å²) >= 11 is 1.52. The Bertz CT molecular complexity index is 610. The van der Waals surface area contributed by atoms with Gasteiger partial charge in [0.05, 0.1) is 22.8 Å². The van der Waals surface area contributed by atoms with Gasteiger partial charge in [-0.05, 0) is 25.1 Å². The molecular weight excluding hydrogens is 264 g/mol. The van der Waals surface area contributed by atoms with Gasteiger partial charge in [-0.25, -0.2) is 4.98 Å². The number of aromatic nitrogens is 1. The fraction of sp³-hybridized carbons (Fsp3) is 0.231. The van der Waals surface area contributed by atoms with Crippen molar-refractivity contribution in [3.8, 4) is 11.5 Å². The first kappa shape index (κ1) is 13.4. The van der Waals surface area contributed by atoms with E-state index in [2.05, 4.69) is 4.98 Å². The van der Waals surface area contributed by atoms with Crippen LogP contribution in [0.4, 0.5) is 0 Å². The van der Waals surface area contributed by atoms with Crippen molar-refractivity contribution in [2.75, 3.05) is 7.05 Å². The van der Waals surface area contributed by atoms with Crippen molar-refractivity contribution in [1.82, 2.24) is 9.88 Å². The number of benzene rings is 1. The third-order valence-electron chi connectivity index (χ3n) is 2.62. The van der Waals surface area contributed by atoms with Gasteiger partial charge in [0, 0.05) is 12.4 Å². The van der Waals surface area contributed by atoms with Gasteiger partial charge in [0.15, 0.2) is 0 Å². The molecule has 0 unspecified atom stereocenters. The van der Waals surface area contributed by atoms with Crippen molar-refractivity contribution in [2.24, 2.45) is 0 Å². The predicted octanol–water partition coefficient (Wildman–Crippen LogP) is 2.13. The van der Waals surface area contributed by atoms with Crippen molar-refractivity contribution < 1.29 is 15.0 Å². The van der Waals surface area contributed by atoms with E-state index in [1.807, 2.05) is 12.3 Å². The van der Waals surface area contributed by atoms with Gasteiger partial charge in [-0.3, -0.25) is 4.79 Å². The highest BCUT2D eigenvalue weighted by molar-refractivity contribution is 7.09. The first-order valence-electron chi connectivity index (χ1n) is 5.66. The number of aromatic hydroxyl groups is 2. The first-order valence-corrected chi connectivity index (χ1v) is 6.54. The molecule has 100 valence electrons. The summed E-state index contributed by atoms with van der Waals surface area (Å²) in [7, 11) is 1.63. The van der Waals surface area contributed by atoms with E-state index in [4.69, 9.17) is 0 Å². The van der Waals surface area contributed by atoms with Gasteiger partial charge < -0.3 is 15.1 Å². The Morgan fingerprint density at radius 2 is 2.16 bits per heavy atom. The second kappa shape index (κ2) is 5.27. The zero-order valence-electron chi connectivity index (χ0n) is 10.6. The summed E-state index contributed by atoms with van der Waals surface area (Å²) in [6.07, 6.45) is 0. The predicted molar refractivity (Wildman–Crippen MR) is 72.4 cm³/mol. The molecule has 0 spiro atoms. The standard InChI is InChI=1S/C13H14N2O3S/c1-8-14-9(7-19-8)6-15(2)13(18)11-5-10(16)3-4-12(11)17/h3-5,7,16-17H,6H2,1-2H3. The lowest BCUT2D eigenvalue weighted by atomic mass is 10.1. The van der Waals surface area contributed by atoms with Crippen LogP contribution in [-0.2, 0) is 6.54 Å².